The molecule has 1 atom stereocenters. The summed E-state index contributed by atoms with van der Waals surface area (Å²) in [4.78, 5) is 16.9. The van der Waals surface area contributed by atoms with Crippen LogP contribution in [-0.2, 0) is 0 Å². The quantitative estimate of drug-likeness (QED) is 0.219. The zero-order valence-electron chi connectivity index (χ0n) is 18.7. The average molecular weight is 516 g/mol. The summed E-state index contributed by atoms with van der Waals surface area (Å²) < 4.78 is 38.4. The SMILES string of the molecule is CC[C@H](C)Oc1cccc(C(=O)NC(=S)Nc2ccc3oc(-c4cc(F)c(F)cc4Cl)nc3c2)c1. The van der Waals surface area contributed by atoms with Gasteiger partial charge in [-0.05, 0) is 74.1 Å². The molecule has 1 aromatic heterocycles. The van der Waals surface area contributed by atoms with Gasteiger partial charge in [0.25, 0.3) is 5.91 Å². The van der Waals surface area contributed by atoms with Crippen LogP contribution in [0.1, 0.15) is 30.6 Å². The molecule has 0 aliphatic carbocycles. The van der Waals surface area contributed by atoms with E-state index in [0.717, 1.165) is 18.6 Å². The predicted molar refractivity (Wildman–Crippen MR) is 135 cm³/mol. The molecule has 0 fully saturated rings. The van der Waals surface area contributed by atoms with Gasteiger partial charge in [0.1, 0.15) is 11.3 Å². The summed E-state index contributed by atoms with van der Waals surface area (Å²) in [5, 5.41) is 5.59. The Morgan fingerprint density at radius 2 is 1.94 bits per heavy atom. The summed E-state index contributed by atoms with van der Waals surface area (Å²) >= 11 is 11.3. The number of oxazole rings is 1. The van der Waals surface area contributed by atoms with Crippen LogP contribution in [0, 0.1) is 11.6 Å². The third-order valence-electron chi connectivity index (χ3n) is 5.12. The van der Waals surface area contributed by atoms with Gasteiger partial charge in [-0.3, -0.25) is 10.1 Å². The number of ether oxygens (including phenoxy) is 1. The highest BCUT2D eigenvalue weighted by molar-refractivity contribution is 7.80. The lowest BCUT2D eigenvalue weighted by molar-refractivity contribution is 0.0977. The van der Waals surface area contributed by atoms with Gasteiger partial charge in [0, 0.05) is 11.3 Å². The van der Waals surface area contributed by atoms with Crippen LogP contribution in [-0.4, -0.2) is 22.1 Å². The Hall–Kier alpha value is -3.56. The van der Waals surface area contributed by atoms with Crippen molar-refractivity contribution in [3.8, 4) is 17.2 Å². The van der Waals surface area contributed by atoms with Crippen molar-refractivity contribution in [2.45, 2.75) is 26.4 Å². The van der Waals surface area contributed by atoms with Crippen molar-refractivity contribution in [1.82, 2.24) is 10.3 Å². The van der Waals surface area contributed by atoms with Gasteiger partial charge in [-0.2, -0.15) is 0 Å². The number of nitrogens with zero attached hydrogens (tertiary/aromatic N) is 1. The number of nitrogens with one attached hydrogen (secondary N) is 2. The van der Waals surface area contributed by atoms with Crippen LogP contribution < -0.4 is 15.4 Å². The highest BCUT2D eigenvalue weighted by Crippen LogP contribution is 2.32. The lowest BCUT2D eigenvalue weighted by atomic mass is 10.2. The smallest absolute Gasteiger partial charge is 0.257 e. The molecule has 0 spiro atoms. The summed E-state index contributed by atoms with van der Waals surface area (Å²) in [5.41, 5.74) is 1.88. The van der Waals surface area contributed by atoms with E-state index in [1.165, 1.54) is 0 Å². The number of amides is 1. The first-order chi connectivity index (χ1) is 16.7. The van der Waals surface area contributed by atoms with E-state index >= 15 is 0 Å². The standard InChI is InChI=1S/C25H20ClF2N3O3S/c1-3-13(2)33-16-6-4-5-14(9-16)23(32)31-25(35)29-15-7-8-22-21(10-15)30-24(34-22)17-11-19(27)20(28)12-18(17)26/h4-13H,3H2,1-2H3,(H2,29,31,32,35)/t13-/m0/s1. The molecule has 0 radical (unpaired) electrons. The van der Waals surface area contributed by atoms with Crippen molar-refractivity contribution in [1.29, 1.82) is 0 Å². The minimum atomic E-state index is -1.06. The van der Waals surface area contributed by atoms with Crippen molar-refractivity contribution in [2.24, 2.45) is 0 Å². The molecular formula is C25H20ClF2N3O3S. The second kappa shape index (κ2) is 10.4. The number of carbonyl (C=O) groups excluding carboxylic acids is 1. The average Bonchev–Trinajstić information content (AvgIpc) is 3.24. The zero-order chi connectivity index (χ0) is 25.1. The van der Waals surface area contributed by atoms with Crippen LogP contribution in [0.5, 0.6) is 5.75 Å². The van der Waals surface area contributed by atoms with Crippen molar-refractivity contribution in [3.05, 3.63) is 76.8 Å². The van der Waals surface area contributed by atoms with Crippen molar-refractivity contribution < 1.29 is 22.7 Å². The molecule has 1 heterocycles. The van der Waals surface area contributed by atoms with E-state index in [0.29, 0.717) is 28.1 Å². The summed E-state index contributed by atoms with van der Waals surface area (Å²) in [5.74, 6) is -1.88. The first kappa shape index (κ1) is 24.6. The number of hydrogen-bond acceptors (Lipinski definition) is 5. The summed E-state index contributed by atoms with van der Waals surface area (Å²) in [6.45, 7) is 3.97. The Bertz CT molecular complexity index is 1430. The molecule has 6 nitrogen and oxygen atoms in total. The Labute approximate surface area is 210 Å². The number of carbonyl (C=O) groups is 1. The van der Waals surface area contributed by atoms with Gasteiger partial charge in [0.05, 0.1) is 16.7 Å². The van der Waals surface area contributed by atoms with E-state index in [4.69, 9.17) is 33.0 Å². The van der Waals surface area contributed by atoms with Gasteiger partial charge in [0.15, 0.2) is 22.3 Å². The topological polar surface area (TPSA) is 76.4 Å². The molecule has 1 amide bonds. The number of hydrogen-bond donors (Lipinski definition) is 2. The third-order valence-corrected chi connectivity index (χ3v) is 5.64. The maximum absolute atomic E-state index is 13.7. The Balaban J connectivity index is 1.46. The second-order valence-corrected chi connectivity index (χ2v) is 8.54. The number of halogens is 3. The monoisotopic (exact) mass is 515 g/mol. The largest absolute Gasteiger partial charge is 0.491 e. The van der Waals surface area contributed by atoms with E-state index in [1.54, 1.807) is 42.5 Å². The number of rotatable bonds is 6. The lowest BCUT2D eigenvalue weighted by Crippen LogP contribution is -2.34. The molecule has 2 N–H and O–H groups in total. The molecule has 180 valence electrons. The van der Waals surface area contributed by atoms with Crippen molar-refractivity contribution >= 4 is 51.6 Å². The van der Waals surface area contributed by atoms with Crippen LogP contribution in [0.25, 0.3) is 22.6 Å². The van der Waals surface area contributed by atoms with Gasteiger partial charge in [-0.15, -0.1) is 0 Å². The van der Waals surface area contributed by atoms with E-state index in [2.05, 4.69) is 15.6 Å². The van der Waals surface area contributed by atoms with Crippen molar-refractivity contribution in [3.63, 3.8) is 0 Å². The highest BCUT2D eigenvalue weighted by atomic mass is 35.5. The molecule has 3 aromatic carbocycles. The molecule has 0 bridgehead atoms. The fraction of sp³-hybridized carbons (Fsp3) is 0.160. The number of benzene rings is 3. The number of anilines is 1. The molecule has 10 heteroatoms. The van der Waals surface area contributed by atoms with Gasteiger partial charge < -0.3 is 14.5 Å². The van der Waals surface area contributed by atoms with Gasteiger partial charge in [-0.25, -0.2) is 13.8 Å². The Morgan fingerprint density at radius 3 is 2.71 bits per heavy atom. The van der Waals surface area contributed by atoms with Gasteiger partial charge >= 0.3 is 0 Å². The minimum Gasteiger partial charge on any atom is -0.491 e. The van der Waals surface area contributed by atoms with Crippen molar-refractivity contribution in [2.75, 3.05) is 5.32 Å². The molecule has 4 rings (SSSR count). The molecular weight excluding hydrogens is 496 g/mol. The maximum atomic E-state index is 13.7. The van der Waals surface area contributed by atoms with E-state index < -0.39 is 17.5 Å². The Morgan fingerprint density at radius 1 is 1.17 bits per heavy atom. The van der Waals surface area contributed by atoms with Gasteiger partial charge in [0.2, 0.25) is 5.89 Å². The zero-order valence-corrected chi connectivity index (χ0v) is 20.3. The number of aromatic nitrogens is 1. The molecule has 0 saturated heterocycles. The van der Waals surface area contributed by atoms with Crippen LogP contribution in [0.4, 0.5) is 14.5 Å². The molecule has 0 saturated carbocycles. The molecule has 0 unspecified atom stereocenters. The fourth-order valence-electron chi connectivity index (χ4n) is 3.17. The second-order valence-electron chi connectivity index (χ2n) is 7.72. The first-order valence-electron chi connectivity index (χ1n) is 10.7. The van der Waals surface area contributed by atoms with E-state index in [-0.39, 0.29) is 27.7 Å². The van der Waals surface area contributed by atoms with E-state index in [1.807, 2.05) is 13.8 Å². The fourth-order valence-corrected chi connectivity index (χ4v) is 3.61. The lowest BCUT2D eigenvalue weighted by Gasteiger charge is -2.14. The first-order valence-corrected chi connectivity index (χ1v) is 11.5. The molecule has 0 aliphatic heterocycles. The van der Waals surface area contributed by atoms with Crippen LogP contribution in [0.3, 0.4) is 0 Å². The highest BCUT2D eigenvalue weighted by Gasteiger charge is 2.16. The van der Waals surface area contributed by atoms with Crippen LogP contribution in [0.15, 0.2) is 59.0 Å². The molecule has 35 heavy (non-hydrogen) atoms. The van der Waals surface area contributed by atoms with E-state index in [9.17, 15) is 13.6 Å². The third kappa shape index (κ3) is 5.75. The van der Waals surface area contributed by atoms with Crippen LogP contribution in [0.2, 0.25) is 5.02 Å². The minimum absolute atomic E-state index is 0.0288. The Kier molecular flexibility index (Phi) is 7.28. The summed E-state index contributed by atoms with van der Waals surface area (Å²) in [6, 6.07) is 13.5. The summed E-state index contributed by atoms with van der Waals surface area (Å²) in [7, 11) is 0. The summed E-state index contributed by atoms with van der Waals surface area (Å²) in [6.07, 6.45) is 0.872. The number of fused-ring (bicyclic) bond motifs is 1. The predicted octanol–water partition coefficient (Wildman–Crippen LogP) is 6.73. The maximum Gasteiger partial charge on any atom is 0.257 e. The number of thiocarbonyl (C=S) groups is 1. The van der Waals surface area contributed by atoms with Crippen LogP contribution >= 0.6 is 23.8 Å². The molecule has 0 aliphatic rings. The normalized spacial score (nSPS) is 11.8. The molecule has 4 aromatic rings. The van der Waals surface area contributed by atoms with Gasteiger partial charge in [-0.1, -0.05) is 24.6 Å².